The lowest BCUT2D eigenvalue weighted by molar-refractivity contribution is 0.240. The van der Waals surface area contributed by atoms with Crippen molar-refractivity contribution in [1.29, 1.82) is 5.26 Å². The topological polar surface area (TPSA) is 35.8 Å². The lowest BCUT2D eigenvalue weighted by Gasteiger charge is -2.39. The molecule has 1 fully saturated rings. The lowest BCUT2D eigenvalue weighted by atomic mass is 9.72. The van der Waals surface area contributed by atoms with Crippen LogP contribution in [0, 0.1) is 23.2 Å². The number of hydrogen-bond acceptors (Lipinski definition) is 2. The number of rotatable bonds is 2. The second-order valence-corrected chi connectivity index (χ2v) is 6.06. The van der Waals surface area contributed by atoms with E-state index in [0.29, 0.717) is 16.9 Å². The molecule has 18 heavy (non-hydrogen) atoms. The summed E-state index contributed by atoms with van der Waals surface area (Å²) in [6, 6.07) is 10.1. The van der Waals surface area contributed by atoms with Gasteiger partial charge in [-0.2, -0.15) is 5.26 Å². The molecule has 1 N–H and O–H groups in total. The molecular weight excluding hydrogens is 244 g/mol. The Morgan fingerprint density at radius 1 is 1.28 bits per heavy atom. The van der Waals surface area contributed by atoms with E-state index < -0.39 is 5.54 Å². The first-order valence-corrected chi connectivity index (χ1v) is 6.86. The molecule has 0 aromatic heterocycles. The molecule has 0 bridgehead atoms. The summed E-state index contributed by atoms with van der Waals surface area (Å²) in [7, 11) is 0. The van der Waals surface area contributed by atoms with Crippen LogP contribution in [0.1, 0.15) is 33.1 Å². The maximum atomic E-state index is 9.57. The van der Waals surface area contributed by atoms with Gasteiger partial charge in [-0.25, -0.2) is 0 Å². The molecule has 1 aliphatic rings. The molecule has 1 aromatic rings. The van der Waals surface area contributed by atoms with Gasteiger partial charge in [0, 0.05) is 0 Å². The molecule has 0 amide bonds. The van der Waals surface area contributed by atoms with Crippen LogP contribution in [0.25, 0.3) is 0 Å². The molecule has 2 rings (SSSR count). The standard InChI is InChI=1S/C15H19ClN2/c1-11-7-12(2)9-15(8-11,10-17)18-14-6-4-3-5-13(14)16/h3-6,11-12,18H,7-9H2,1-2H3. The zero-order valence-corrected chi connectivity index (χ0v) is 11.7. The van der Waals surface area contributed by atoms with Gasteiger partial charge >= 0.3 is 0 Å². The number of nitriles is 1. The van der Waals surface area contributed by atoms with E-state index in [1.165, 1.54) is 6.42 Å². The van der Waals surface area contributed by atoms with Crippen LogP contribution in [0.5, 0.6) is 0 Å². The van der Waals surface area contributed by atoms with Crippen LogP contribution < -0.4 is 5.32 Å². The fraction of sp³-hybridized carbons (Fsp3) is 0.533. The smallest absolute Gasteiger partial charge is 0.125 e. The van der Waals surface area contributed by atoms with Gasteiger partial charge in [-0.05, 0) is 43.2 Å². The monoisotopic (exact) mass is 262 g/mol. The summed E-state index contributed by atoms with van der Waals surface area (Å²) >= 11 is 6.16. The summed E-state index contributed by atoms with van der Waals surface area (Å²) < 4.78 is 0. The molecule has 2 atom stereocenters. The van der Waals surface area contributed by atoms with Crippen LogP contribution in [-0.2, 0) is 0 Å². The Hall–Kier alpha value is -1.20. The predicted octanol–water partition coefficient (Wildman–Crippen LogP) is 4.47. The summed E-state index contributed by atoms with van der Waals surface area (Å²) in [6.45, 7) is 4.44. The third-order valence-corrected chi connectivity index (χ3v) is 3.99. The van der Waals surface area contributed by atoms with E-state index in [1.807, 2.05) is 24.3 Å². The highest BCUT2D eigenvalue weighted by molar-refractivity contribution is 6.33. The van der Waals surface area contributed by atoms with Crippen molar-refractivity contribution >= 4 is 17.3 Å². The summed E-state index contributed by atoms with van der Waals surface area (Å²) in [6.07, 6.45) is 2.98. The average Bonchev–Trinajstić information content (AvgIpc) is 2.31. The van der Waals surface area contributed by atoms with Gasteiger partial charge in [0.05, 0.1) is 16.8 Å². The van der Waals surface area contributed by atoms with Gasteiger partial charge in [-0.3, -0.25) is 0 Å². The molecule has 1 aromatic carbocycles. The van der Waals surface area contributed by atoms with Crippen LogP contribution in [0.2, 0.25) is 5.02 Å². The fourth-order valence-corrected chi connectivity index (χ4v) is 3.35. The quantitative estimate of drug-likeness (QED) is 0.854. The molecule has 1 saturated carbocycles. The average molecular weight is 263 g/mol. The minimum Gasteiger partial charge on any atom is -0.366 e. The van der Waals surface area contributed by atoms with Crippen molar-refractivity contribution in [2.24, 2.45) is 11.8 Å². The Morgan fingerprint density at radius 3 is 2.44 bits per heavy atom. The Balaban J connectivity index is 2.24. The lowest BCUT2D eigenvalue weighted by Crippen LogP contribution is -2.43. The third kappa shape index (κ3) is 2.79. The van der Waals surface area contributed by atoms with E-state index in [1.54, 1.807) is 0 Å². The van der Waals surface area contributed by atoms with Gasteiger partial charge in [0.2, 0.25) is 0 Å². The first-order chi connectivity index (χ1) is 8.54. The van der Waals surface area contributed by atoms with E-state index in [2.05, 4.69) is 25.2 Å². The van der Waals surface area contributed by atoms with Crippen LogP contribution in [-0.4, -0.2) is 5.54 Å². The summed E-state index contributed by atoms with van der Waals surface area (Å²) in [5, 5.41) is 13.6. The molecular formula is C15H19ClN2. The molecule has 0 aliphatic heterocycles. The summed E-state index contributed by atoms with van der Waals surface area (Å²) in [5.41, 5.74) is 0.393. The van der Waals surface area contributed by atoms with Crippen LogP contribution in [0.15, 0.2) is 24.3 Å². The second-order valence-electron chi connectivity index (χ2n) is 5.65. The van der Waals surface area contributed by atoms with Gasteiger partial charge < -0.3 is 5.32 Å². The highest BCUT2D eigenvalue weighted by atomic mass is 35.5. The zero-order chi connectivity index (χ0) is 13.2. The first kappa shape index (κ1) is 13.2. The number of nitrogens with one attached hydrogen (secondary N) is 1. The van der Waals surface area contributed by atoms with Crippen molar-refractivity contribution in [1.82, 2.24) is 0 Å². The number of halogens is 1. The molecule has 0 spiro atoms. The van der Waals surface area contributed by atoms with Gasteiger partial charge in [0.1, 0.15) is 5.54 Å². The molecule has 2 unspecified atom stereocenters. The number of nitrogens with zero attached hydrogens (tertiary/aromatic N) is 1. The van der Waals surface area contributed by atoms with E-state index >= 15 is 0 Å². The molecule has 0 saturated heterocycles. The van der Waals surface area contributed by atoms with Gasteiger partial charge in [0.25, 0.3) is 0 Å². The molecule has 96 valence electrons. The second kappa shape index (κ2) is 5.20. The van der Waals surface area contributed by atoms with E-state index in [-0.39, 0.29) is 0 Å². The van der Waals surface area contributed by atoms with Crippen molar-refractivity contribution in [3.8, 4) is 6.07 Å². The van der Waals surface area contributed by atoms with Crippen molar-refractivity contribution in [2.75, 3.05) is 5.32 Å². The largest absolute Gasteiger partial charge is 0.366 e. The SMILES string of the molecule is CC1CC(C)CC(C#N)(Nc2ccccc2Cl)C1. The van der Waals surface area contributed by atoms with Crippen molar-refractivity contribution in [3.05, 3.63) is 29.3 Å². The molecule has 1 aliphatic carbocycles. The number of anilines is 1. The minimum atomic E-state index is -0.470. The number of para-hydroxylation sites is 1. The fourth-order valence-electron chi connectivity index (χ4n) is 3.17. The third-order valence-electron chi connectivity index (χ3n) is 3.66. The molecule has 0 heterocycles. The first-order valence-electron chi connectivity index (χ1n) is 6.48. The molecule has 2 nitrogen and oxygen atoms in total. The van der Waals surface area contributed by atoms with Gasteiger partial charge in [-0.15, -0.1) is 0 Å². The number of benzene rings is 1. The van der Waals surface area contributed by atoms with Crippen LogP contribution >= 0.6 is 11.6 Å². The Kier molecular flexibility index (Phi) is 3.82. The molecule has 0 radical (unpaired) electrons. The highest BCUT2D eigenvalue weighted by Crippen LogP contribution is 2.38. The van der Waals surface area contributed by atoms with Crippen molar-refractivity contribution in [3.63, 3.8) is 0 Å². The Morgan fingerprint density at radius 2 is 1.89 bits per heavy atom. The minimum absolute atomic E-state index is 0.470. The van der Waals surface area contributed by atoms with E-state index in [4.69, 9.17) is 11.6 Å². The Bertz CT molecular complexity index is 454. The predicted molar refractivity (Wildman–Crippen MR) is 75.6 cm³/mol. The van der Waals surface area contributed by atoms with Crippen LogP contribution in [0.3, 0.4) is 0 Å². The van der Waals surface area contributed by atoms with Crippen molar-refractivity contribution in [2.45, 2.75) is 38.6 Å². The van der Waals surface area contributed by atoms with E-state index in [9.17, 15) is 5.26 Å². The van der Waals surface area contributed by atoms with Crippen molar-refractivity contribution < 1.29 is 0 Å². The van der Waals surface area contributed by atoms with Gasteiger partial charge in [0.15, 0.2) is 0 Å². The maximum Gasteiger partial charge on any atom is 0.125 e. The van der Waals surface area contributed by atoms with Gasteiger partial charge in [-0.1, -0.05) is 37.6 Å². The molecule has 3 heteroatoms. The maximum absolute atomic E-state index is 9.57. The highest BCUT2D eigenvalue weighted by Gasteiger charge is 2.38. The normalized spacial score (nSPS) is 31.7. The Labute approximate surface area is 114 Å². The number of hydrogen-bond donors (Lipinski definition) is 1. The zero-order valence-electron chi connectivity index (χ0n) is 10.9. The summed E-state index contributed by atoms with van der Waals surface area (Å²) in [4.78, 5) is 0. The summed E-state index contributed by atoms with van der Waals surface area (Å²) in [5.74, 6) is 1.15. The van der Waals surface area contributed by atoms with E-state index in [0.717, 1.165) is 18.5 Å². The van der Waals surface area contributed by atoms with Crippen LogP contribution in [0.4, 0.5) is 5.69 Å².